The van der Waals surface area contributed by atoms with Crippen LogP contribution in [0, 0.1) is 0 Å². The van der Waals surface area contributed by atoms with Crippen LogP contribution < -0.4 is 10.2 Å². The molecular formula is C25H32N4O4. The number of pyridine rings is 1. The van der Waals surface area contributed by atoms with Gasteiger partial charge in [-0.15, -0.1) is 0 Å². The summed E-state index contributed by atoms with van der Waals surface area (Å²) in [5, 5.41) is 7.68. The molecule has 1 fully saturated rings. The number of hydrogen-bond donors (Lipinski definition) is 1. The van der Waals surface area contributed by atoms with E-state index in [0.717, 1.165) is 31.5 Å². The number of carbonyl (C=O) groups is 1. The van der Waals surface area contributed by atoms with Crippen LogP contribution in [0.25, 0.3) is 0 Å². The Kier molecular flexibility index (Phi) is 7.37. The first-order chi connectivity index (χ1) is 16.0. The molecule has 0 radical (unpaired) electrons. The highest BCUT2D eigenvalue weighted by Crippen LogP contribution is 2.29. The first-order valence-electron chi connectivity index (χ1n) is 11.4. The van der Waals surface area contributed by atoms with Gasteiger partial charge in [-0.3, -0.25) is 9.69 Å². The average molecular weight is 453 g/mol. The number of amides is 1. The lowest BCUT2D eigenvalue weighted by molar-refractivity contribution is -0.0809. The standard InChI is InChI=1S/C25H32N4O4/c1-25(2)23(32-16-15-31-3)22(28-33-25)18-9-11-19(12-10-18)24(30)29(20-7-6-13-26-17-20)21-8-4-5-14-27-21/h4-5,8-12,14,20,23,26H,6-7,13,15-17H2,1-3H3. The van der Waals surface area contributed by atoms with Crippen molar-refractivity contribution in [3.63, 3.8) is 0 Å². The molecule has 0 saturated carbocycles. The van der Waals surface area contributed by atoms with Crippen LogP contribution >= 0.6 is 0 Å². The van der Waals surface area contributed by atoms with Gasteiger partial charge in [0.15, 0.2) is 5.60 Å². The van der Waals surface area contributed by atoms with Crippen LogP contribution in [0.15, 0.2) is 53.8 Å². The Bertz CT molecular complexity index is 956. The summed E-state index contributed by atoms with van der Waals surface area (Å²) in [5.74, 6) is 0.606. The van der Waals surface area contributed by atoms with Gasteiger partial charge in [0.25, 0.3) is 5.91 Å². The zero-order valence-corrected chi connectivity index (χ0v) is 19.5. The SMILES string of the molecule is COCCOC1C(c2ccc(C(=O)N(c3ccccn3)C3CCCNC3)cc2)=NOC1(C)C. The van der Waals surface area contributed by atoms with E-state index in [-0.39, 0.29) is 18.1 Å². The highest BCUT2D eigenvalue weighted by molar-refractivity contribution is 6.08. The summed E-state index contributed by atoms with van der Waals surface area (Å²) in [7, 11) is 1.64. The first-order valence-corrected chi connectivity index (χ1v) is 11.4. The molecule has 3 heterocycles. The molecule has 2 aromatic rings. The maximum Gasteiger partial charge on any atom is 0.259 e. The number of oxime groups is 1. The zero-order valence-electron chi connectivity index (χ0n) is 19.5. The van der Waals surface area contributed by atoms with Gasteiger partial charge in [0, 0.05) is 31.0 Å². The zero-order chi connectivity index (χ0) is 23.3. The van der Waals surface area contributed by atoms with Crippen molar-refractivity contribution in [2.24, 2.45) is 5.16 Å². The molecule has 0 bridgehead atoms. The Morgan fingerprint density at radius 3 is 2.70 bits per heavy atom. The Balaban J connectivity index is 1.55. The van der Waals surface area contributed by atoms with E-state index in [1.54, 1.807) is 13.3 Å². The van der Waals surface area contributed by atoms with Gasteiger partial charge >= 0.3 is 0 Å². The van der Waals surface area contributed by atoms with Crippen molar-refractivity contribution < 1.29 is 19.1 Å². The maximum atomic E-state index is 13.6. The lowest BCUT2D eigenvalue weighted by Crippen LogP contribution is -2.49. The minimum Gasteiger partial charge on any atom is -0.386 e. The molecule has 2 aliphatic heterocycles. The van der Waals surface area contributed by atoms with Crippen molar-refractivity contribution in [3.8, 4) is 0 Å². The summed E-state index contributed by atoms with van der Waals surface area (Å²) in [5.41, 5.74) is 1.60. The number of aromatic nitrogens is 1. The molecule has 0 spiro atoms. The summed E-state index contributed by atoms with van der Waals surface area (Å²) >= 11 is 0. The second-order valence-electron chi connectivity index (χ2n) is 8.86. The normalized spacial score (nSPS) is 21.8. The van der Waals surface area contributed by atoms with E-state index < -0.39 is 5.60 Å². The van der Waals surface area contributed by atoms with E-state index in [1.165, 1.54) is 0 Å². The summed E-state index contributed by atoms with van der Waals surface area (Å²) in [6.07, 6.45) is 3.36. The van der Waals surface area contributed by atoms with E-state index in [9.17, 15) is 4.79 Å². The number of piperidine rings is 1. The molecule has 2 atom stereocenters. The average Bonchev–Trinajstić information content (AvgIpc) is 3.15. The molecule has 1 N–H and O–H groups in total. The summed E-state index contributed by atoms with van der Waals surface area (Å²) < 4.78 is 11.1. The Morgan fingerprint density at radius 1 is 1.21 bits per heavy atom. The lowest BCUT2D eigenvalue weighted by atomic mass is 9.93. The fourth-order valence-corrected chi connectivity index (χ4v) is 4.25. The third-order valence-corrected chi connectivity index (χ3v) is 6.01. The molecule has 33 heavy (non-hydrogen) atoms. The van der Waals surface area contributed by atoms with Gasteiger partial charge in [-0.1, -0.05) is 23.4 Å². The molecule has 1 aromatic heterocycles. The lowest BCUT2D eigenvalue weighted by Gasteiger charge is -2.34. The summed E-state index contributed by atoms with van der Waals surface area (Å²) in [6, 6.07) is 13.2. The molecule has 8 heteroatoms. The highest BCUT2D eigenvalue weighted by Gasteiger charge is 2.43. The minimum atomic E-state index is -0.582. The number of methoxy groups -OCH3 is 1. The van der Waals surface area contributed by atoms with Gasteiger partial charge in [0.05, 0.1) is 19.3 Å². The molecule has 176 valence electrons. The number of anilines is 1. The number of nitrogens with zero attached hydrogens (tertiary/aromatic N) is 3. The molecule has 2 aliphatic rings. The van der Waals surface area contributed by atoms with Gasteiger partial charge in [0.2, 0.25) is 0 Å². The third-order valence-electron chi connectivity index (χ3n) is 6.01. The van der Waals surface area contributed by atoms with Gasteiger partial charge < -0.3 is 19.6 Å². The van der Waals surface area contributed by atoms with Crippen LogP contribution in [-0.4, -0.2) is 67.8 Å². The molecule has 1 saturated heterocycles. The van der Waals surface area contributed by atoms with Gasteiger partial charge in [-0.05, 0) is 57.5 Å². The Labute approximate surface area is 194 Å². The van der Waals surface area contributed by atoms with Crippen LogP contribution in [0.1, 0.15) is 42.6 Å². The van der Waals surface area contributed by atoms with Crippen LogP contribution in [0.2, 0.25) is 0 Å². The molecule has 8 nitrogen and oxygen atoms in total. The number of hydrogen-bond acceptors (Lipinski definition) is 7. The van der Waals surface area contributed by atoms with Crippen molar-refractivity contribution in [1.82, 2.24) is 10.3 Å². The number of nitrogens with one attached hydrogen (secondary N) is 1. The van der Waals surface area contributed by atoms with Crippen molar-refractivity contribution in [1.29, 1.82) is 0 Å². The quantitative estimate of drug-likeness (QED) is 0.620. The molecular weight excluding hydrogens is 420 g/mol. The number of rotatable bonds is 8. The van der Waals surface area contributed by atoms with Crippen molar-refractivity contribution in [2.75, 3.05) is 38.3 Å². The number of benzene rings is 1. The maximum absolute atomic E-state index is 13.6. The fourth-order valence-electron chi connectivity index (χ4n) is 4.25. The van der Waals surface area contributed by atoms with E-state index >= 15 is 0 Å². The second kappa shape index (κ2) is 10.4. The van der Waals surface area contributed by atoms with Gasteiger partial charge in [0.1, 0.15) is 17.6 Å². The van der Waals surface area contributed by atoms with E-state index in [1.807, 2.05) is 61.2 Å². The molecule has 1 aromatic carbocycles. The topological polar surface area (TPSA) is 85.3 Å². The Hall–Kier alpha value is -2.81. The predicted octanol–water partition coefficient (Wildman–Crippen LogP) is 3.02. The van der Waals surface area contributed by atoms with E-state index in [4.69, 9.17) is 14.3 Å². The molecule has 4 rings (SSSR count). The second-order valence-corrected chi connectivity index (χ2v) is 8.86. The molecule has 0 aliphatic carbocycles. The highest BCUT2D eigenvalue weighted by atomic mass is 16.7. The van der Waals surface area contributed by atoms with E-state index in [0.29, 0.717) is 30.3 Å². The van der Waals surface area contributed by atoms with Crippen molar-refractivity contribution in [2.45, 2.75) is 44.4 Å². The number of ether oxygens (including phenoxy) is 2. The smallest absolute Gasteiger partial charge is 0.259 e. The van der Waals surface area contributed by atoms with Crippen LogP contribution in [0.5, 0.6) is 0 Å². The molecule has 2 unspecified atom stereocenters. The predicted molar refractivity (Wildman–Crippen MR) is 127 cm³/mol. The van der Waals surface area contributed by atoms with Crippen LogP contribution in [0.3, 0.4) is 0 Å². The van der Waals surface area contributed by atoms with Gasteiger partial charge in [-0.25, -0.2) is 4.98 Å². The fraction of sp³-hybridized carbons (Fsp3) is 0.480. The van der Waals surface area contributed by atoms with E-state index in [2.05, 4.69) is 15.5 Å². The first kappa shape index (κ1) is 23.4. The third kappa shape index (κ3) is 5.24. The van der Waals surface area contributed by atoms with Crippen LogP contribution in [0.4, 0.5) is 5.82 Å². The summed E-state index contributed by atoms with van der Waals surface area (Å²) in [6.45, 7) is 6.56. The van der Waals surface area contributed by atoms with Crippen molar-refractivity contribution in [3.05, 3.63) is 59.8 Å². The largest absolute Gasteiger partial charge is 0.386 e. The number of carbonyl (C=O) groups excluding carboxylic acids is 1. The van der Waals surface area contributed by atoms with Crippen LogP contribution in [-0.2, 0) is 14.3 Å². The minimum absolute atomic E-state index is 0.0628. The summed E-state index contributed by atoms with van der Waals surface area (Å²) in [4.78, 5) is 25.5. The van der Waals surface area contributed by atoms with Crippen molar-refractivity contribution >= 4 is 17.4 Å². The Morgan fingerprint density at radius 2 is 2.03 bits per heavy atom. The monoisotopic (exact) mass is 452 g/mol. The molecule has 1 amide bonds. The van der Waals surface area contributed by atoms with Gasteiger partial charge in [-0.2, -0.15) is 0 Å².